The minimum absolute atomic E-state index is 0.0780. The molecule has 12 nitrogen and oxygen atoms in total. The summed E-state index contributed by atoms with van der Waals surface area (Å²) in [6, 6.07) is 7.87. The van der Waals surface area contributed by atoms with Crippen LogP contribution in [0.25, 0.3) is 11.2 Å². The van der Waals surface area contributed by atoms with Crippen LogP contribution in [-0.2, 0) is 29.5 Å². The largest absolute Gasteiger partial charge is 0.497 e. The van der Waals surface area contributed by atoms with Crippen LogP contribution >= 0.6 is 11.8 Å². The van der Waals surface area contributed by atoms with E-state index < -0.39 is 36.4 Å². The molecule has 0 spiro atoms. The van der Waals surface area contributed by atoms with Crippen molar-refractivity contribution in [1.29, 1.82) is 0 Å². The Morgan fingerprint density at radius 2 is 1.89 bits per heavy atom. The number of hydrogen-bond acceptors (Lipinski definition) is 11. The summed E-state index contributed by atoms with van der Waals surface area (Å²) in [5.41, 5.74) is 2.36. The van der Waals surface area contributed by atoms with Crippen molar-refractivity contribution >= 4 is 34.8 Å². The number of alkyl carbamates (subject to hydrolysis) is 1. The molecule has 2 aliphatic heterocycles. The summed E-state index contributed by atoms with van der Waals surface area (Å²) < 4.78 is 30.8. The van der Waals surface area contributed by atoms with Gasteiger partial charge < -0.3 is 29.0 Å². The van der Waals surface area contributed by atoms with E-state index in [0.29, 0.717) is 16.9 Å². The first kappa shape index (κ1) is 26.4. The van der Waals surface area contributed by atoms with Crippen molar-refractivity contribution < 1.29 is 33.3 Å². The lowest BCUT2D eigenvalue weighted by atomic mass is 10.1. The highest BCUT2D eigenvalue weighted by Crippen LogP contribution is 2.44. The van der Waals surface area contributed by atoms with E-state index in [9.17, 15) is 9.59 Å². The van der Waals surface area contributed by atoms with Gasteiger partial charge in [-0.1, -0.05) is 23.9 Å². The van der Waals surface area contributed by atoms with Crippen LogP contribution in [0.5, 0.6) is 5.75 Å². The Morgan fingerprint density at radius 1 is 1.13 bits per heavy atom. The Kier molecular flexibility index (Phi) is 7.52. The number of amides is 1. The number of carbonyl (C=O) groups is 2. The number of carbonyl (C=O) groups excluding carboxylic acids is 2. The molecule has 1 N–H and O–H groups in total. The number of Topliss-reactive ketones (excluding diaryl/α,β-unsaturated/α-hetero) is 1. The van der Waals surface area contributed by atoms with Crippen LogP contribution in [0.1, 0.15) is 32.6 Å². The van der Waals surface area contributed by atoms with Crippen molar-refractivity contribution in [2.75, 3.05) is 20.3 Å². The molecule has 38 heavy (non-hydrogen) atoms. The maximum atomic E-state index is 12.0. The van der Waals surface area contributed by atoms with E-state index in [-0.39, 0.29) is 18.9 Å². The van der Waals surface area contributed by atoms with Gasteiger partial charge in [0.1, 0.15) is 53.3 Å². The standard InChI is InChI=1S/C25H29N5O7S/c1-14(31)9-26-24(32)34-10-17-19-20(37-25(2,3)36-19)23(35-17)30-13-29-18-21(30)27-12-28-22(18)38-11-15-5-7-16(33-4)8-6-15/h5-8,12-13,17,19-20,23H,9-11H2,1-4H3,(H,26,32)/t17-,19?,20+,23-/m1/s1. The van der Waals surface area contributed by atoms with E-state index in [2.05, 4.69) is 20.3 Å². The second-order valence-electron chi connectivity index (χ2n) is 9.42. The van der Waals surface area contributed by atoms with Crippen molar-refractivity contribution in [1.82, 2.24) is 24.8 Å². The number of ether oxygens (including phenoxy) is 5. The molecule has 2 saturated heterocycles. The van der Waals surface area contributed by atoms with Crippen LogP contribution in [-0.4, -0.2) is 75.8 Å². The smallest absolute Gasteiger partial charge is 0.407 e. The number of rotatable bonds is 9. The molecule has 1 amide bonds. The van der Waals surface area contributed by atoms with E-state index >= 15 is 0 Å². The summed E-state index contributed by atoms with van der Waals surface area (Å²) in [4.78, 5) is 36.6. The summed E-state index contributed by atoms with van der Waals surface area (Å²) in [5, 5.41) is 3.14. The Morgan fingerprint density at radius 3 is 2.63 bits per heavy atom. The molecule has 4 atom stereocenters. The number of imidazole rings is 1. The molecular formula is C25H29N5O7S. The number of nitrogens with one attached hydrogen (secondary N) is 1. The Bertz CT molecular complexity index is 1320. The predicted molar refractivity (Wildman–Crippen MR) is 136 cm³/mol. The molecule has 1 unspecified atom stereocenters. The van der Waals surface area contributed by atoms with Crippen LogP contribution in [0, 0.1) is 0 Å². The SMILES string of the molecule is COc1ccc(CSc2ncnc3c2ncn3[C@@H]2O[C@H](COC(=O)NCC(C)=O)C3OC(C)(C)O[C@@H]32)cc1. The van der Waals surface area contributed by atoms with Gasteiger partial charge in [0.25, 0.3) is 0 Å². The van der Waals surface area contributed by atoms with Crippen LogP contribution < -0.4 is 10.1 Å². The third kappa shape index (κ3) is 5.60. The minimum Gasteiger partial charge on any atom is -0.497 e. The summed E-state index contributed by atoms with van der Waals surface area (Å²) in [6.45, 7) is 4.84. The molecule has 3 aromatic rings. The highest BCUT2D eigenvalue weighted by atomic mass is 32.2. The van der Waals surface area contributed by atoms with Gasteiger partial charge in [0, 0.05) is 5.75 Å². The average Bonchev–Trinajstić information content (AvgIpc) is 3.56. The van der Waals surface area contributed by atoms with Crippen LogP contribution in [0.4, 0.5) is 4.79 Å². The average molecular weight is 544 g/mol. The van der Waals surface area contributed by atoms with Gasteiger partial charge in [-0.2, -0.15) is 0 Å². The van der Waals surface area contributed by atoms with Gasteiger partial charge in [0.2, 0.25) is 0 Å². The quantitative estimate of drug-likeness (QED) is 0.315. The van der Waals surface area contributed by atoms with Gasteiger partial charge in [-0.15, -0.1) is 0 Å². The molecule has 202 valence electrons. The Labute approximate surface area is 223 Å². The molecule has 0 aliphatic carbocycles. The summed E-state index contributed by atoms with van der Waals surface area (Å²) in [7, 11) is 1.64. The lowest BCUT2D eigenvalue weighted by Gasteiger charge is -2.24. The number of benzene rings is 1. The van der Waals surface area contributed by atoms with E-state index in [0.717, 1.165) is 16.3 Å². The predicted octanol–water partition coefficient (Wildman–Crippen LogP) is 2.86. The van der Waals surface area contributed by atoms with Crippen molar-refractivity contribution in [3.63, 3.8) is 0 Å². The zero-order valence-corrected chi connectivity index (χ0v) is 22.3. The number of thioether (sulfide) groups is 1. The number of fused-ring (bicyclic) bond motifs is 2. The highest BCUT2D eigenvalue weighted by Gasteiger charge is 2.56. The monoisotopic (exact) mass is 543 g/mol. The number of ketones is 1. The van der Waals surface area contributed by atoms with E-state index in [1.165, 1.54) is 13.3 Å². The van der Waals surface area contributed by atoms with Crippen LogP contribution in [0.3, 0.4) is 0 Å². The molecule has 5 rings (SSSR count). The van der Waals surface area contributed by atoms with Gasteiger partial charge in [0.05, 0.1) is 20.0 Å². The fourth-order valence-corrected chi connectivity index (χ4v) is 5.32. The number of hydrogen-bond donors (Lipinski definition) is 1. The van der Waals surface area contributed by atoms with Crippen molar-refractivity contribution in [2.24, 2.45) is 0 Å². The molecular weight excluding hydrogens is 514 g/mol. The highest BCUT2D eigenvalue weighted by molar-refractivity contribution is 7.98. The zero-order chi connectivity index (χ0) is 26.9. The molecule has 0 radical (unpaired) electrons. The zero-order valence-electron chi connectivity index (χ0n) is 21.4. The van der Waals surface area contributed by atoms with Crippen LogP contribution in [0.15, 0.2) is 41.9 Å². The first-order valence-corrected chi connectivity index (χ1v) is 13.1. The van der Waals surface area contributed by atoms with Crippen molar-refractivity contribution in [2.45, 2.75) is 61.9 Å². The van der Waals surface area contributed by atoms with Crippen molar-refractivity contribution in [3.8, 4) is 5.75 Å². The van der Waals surface area contributed by atoms with Gasteiger partial charge in [-0.3, -0.25) is 9.36 Å². The van der Waals surface area contributed by atoms with Crippen molar-refractivity contribution in [3.05, 3.63) is 42.5 Å². The minimum atomic E-state index is -0.850. The molecule has 4 heterocycles. The fourth-order valence-electron chi connectivity index (χ4n) is 4.42. The van der Waals surface area contributed by atoms with Gasteiger partial charge in [-0.05, 0) is 38.5 Å². The Balaban J connectivity index is 1.33. The normalized spacial score (nSPS) is 23.8. The third-order valence-corrected chi connectivity index (χ3v) is 7.17. The first-order valence-electron chi connectivity index (χ1n) is 12.1. The summed E-state index contributed by atoms with van der Waals surface area (Å²) in [5.74, 6) is 0.476. The first-order chi connectivity index (χ1) is 18.2. The van der Waals surface area contributed by atoms with Crippen LogP contribution in [0.2, 0.25) is 0 Å². The molecule has 0 saturated carbocycles. The number of methoxy groups -OCH3 is 1. The lowest BCUT2D eigenvalue weighted by Crippen LogP contribution is -2.36. The maximum absolute atomic E-state index is 12.0. The molecule has 1 aromatic carbocycles. The van der Waals surface area contributed by atoms with Gasteiger partial charge >= 0.3 is 6.09 Å². The molecule has 13 heteroatoms. The second-order valence-corrected chi connectivity index (χ2v) is 10.4. The van der Waals surface area contributed by atoms with E-state index in [4.69, 9.17) is 23.7 Å². The number of aromatic nitrogens is 4. The molecule has 0 bridgehead atoms. The summed E-state index contributed by atoms with van der Waals surface area (Å²) in [6.07, 6.45) is 0.254. The van der Waals surface area contributed by atoms with Gasteiger partial charge in [0.15, 0.2) is 17.7 Å². The summed E-state index contributed by atoms with van der Waals surface area (Å²) >= 11 is 1.56. The maximum Gasteiger partial charge on any atom is 0.407 e. The second kappa shape index (κ2) is 10.8. The van der Waals surface area contributed by atoms with E-state index in [1.54, 1.807) is 29.8 Å². The fraction of sp³-hybridized carbons (Fsp3) is 0.480. The Hall–Kier alpha value is -3.26. The van der Waals surface area contributed by atoms with Gasteiger partial charge in [-0.25, -0.2) is 19.7 Å². The molecule has 2 aliphatic rings. The van der Waals surface area contributed by atoms with E-state index in [1.807, 2.05) is 38.1 Å². The molecule has 2 fully saturated rings. The topological polar surface area (TPSA) is 136 Å². The third-order valence-electron chi connectivity index (χ3n) is 6.12. The number of nitrogens with zero attached hydrogens (tertiary/aromatic N) is 4. The lowest BCUT2D eigenvalue weighted by molar-refractivity contribution is -0.199. The molecule has 2 aromatic heterocycles.